The predicted octanol–water partition coefficient (Wildman–Crippen LogP) is 2.06. The topological polar surface area (TPSA) is 57.0 Å². The van der Waals surface area contributed by atoms with Gasteiger partial charge in [0.1, 0.15) is 0 Å². The summed E-state index contributed by atoms with van der Waals surface area (Å²) in [5.74, 6) is 0.278. The van der Waals surface area contributed by atoms with Crippen LogP contribution >= 0.6 is 0 Å². The van der Waals surface area contributed by atoms with Gasteiger partial charge >= 0.3 is 5.97 Å². The normalized spacial score (nSPS) is 10.9. The van der Waals surface area contributed by atoms with Crippen molar-refractivity contribution < 1.29 is 9.53 Å². The van der Waals surface area contributed by atoms with Crippen molar-refractivity contribution in [2.75, 3.05) is 7.11 Å². The zero-order valence-corrected chi connectivity index (χ0v) is 11.1. The minimum atomic E-state index is -0.406. The number of nitrogens with zero attached hydrogens (tertiary/aromatic N) is 3. The van der Waals surface area contributed by atoms with Crippen LogP contribution in [0.4, 0.5) is 0 Å². The lowest BCUT2D eigenvalue weighted by Gasteiger charge is -2.07. The van der Waals surface area contributed by atoms with Crippen LogP contribution in [-0.4, -0.2) is 28.1 Å². The third kappa shape index (κ3) is 3.54. The van der Waals surface area contributed by atoms with Gasteiger partial charge < -0.3 is 4.74 Å². The summed E-state index contributed by atoms with van der Waals surface area (Å²) in [7, 11) is 1.36. The molecule has 17 heavy (non-hydrogen) atoms. The lowest BCUT2D eigenvalue weighted by atomic mass is 10.1. The van der Waals surface area contributed by atoms with Crippen LogP contribution in [0.5, 0.6) is 0 Å². The molecule has 0 aromatic carbocycles. The van der Waals surface area contributed by atoms with Crippen LogP contribution in [-0.2, 0) is 17.7 Å². The predicted molar refractivity (Wildman–Crippen MR) is 64.8 cm³/mol. The second-order valence-corrected chi connectivity index (χ2v) is 4.49. The number of rotatable bonds is 6. The molecule has 0 bridgehead atoms. The Kier molecular flexibility index (Phi) is 5.12. The molecule has 0 aliphatic heterocycles. The Morgan fingerprint density at radius 3 is 2.71 bits per heavy atom. The van der Waals surface area contributed by atoms with Crippen LogP contribution in [0, 0.1) is 5.92 Å². The first-order chi connectivity index (χ1) is 8.10. The minimum Gasteiger partial charge on any atom is -0.464 e. The van der Waals surface area contributed by atoms with Crippen LogP contribution in [0.15, 0.2) is 0 Å². The number of carbonyl (C=O) groups is 1. The Hall–Kier alpha value is -1.39. The molecule has 0 saturated heterocycles. The van der Waals surface area contributed by atoms with Gasteiger partial charge in [-0.2, -0.15) is 0 Å². The highest BCUT2D eigenvalue weighted by molar-refractivity contribution is 5.88. The summed E-state index contributed by atoms with van der Waals surface area (Å²) in [4.78, 5) is 11.5. The van der Waals surface area contributed by atoms with Gasteiger partial charge in [-0.25, -0.2) is 9.48 Å². The van der Waals surface area contributed by atoms with Gasteiger partial charge in [0.25, 0.3) is 0 Å². The fraction of sp³-hybridized carbons (Fsp3) is 0.750. The number of ether oxygens (including phenoxy) is 1. The van der Waals surface area contributed by atoms with E-state index in [4.69, 9.17) is 0 Å². The van der Waals surface area contributed by atoms with Crippen molar-refractivity contribution in [2.45, 2.75) is 46.6 Å². The number of aromatic nitrogens is 3. The number of carbonyl (C=O) groups excluding carboxylic acids is 1. The highest BCUT2D eigenvalue weighted by atomic mass is 16.5. The van der Waals surface area contributed by atoms with E-state index in [9.17, 15) is 4.79 Å². The lowest BCUT2D eigenvalue weighted by Crippen LogP contribution is -2.09. The second kappa shape index (κ2) is 6.37. The van der Waals surface area contributed by atoms with Crippen LogP contribution in [0.25, 0.3) is 0 Å². The molecule has 1 aromatic rings. The van der Waals surface area contributed by atoms with E-state index >= 15 is 0 Å². The zero-order valence-electron chi connectivity index (χ0n) is 11.1. The van der Waals surface area contributed by atoms with Gasteiger partial charge in [-0.3, -0.25) is 0 Å². The smallest absolute Gasteiger partial charge is 0.360 e. The second-order valence-electron chi connectivity index (χ2n) is 4.49. The van der Waals surface area contributed by atoms with E-state index in [2.05, 4.69) is 28.9 Å². The molecule has 0 aliphatic rings. The third-order valence-corrected chi connectivity index (χ3v) is 2.70. The number of hydrogen-bond acceptors (Lipinski definition) is 4. The number of hydrogen-bond donors (Lipinski definition) is 0. The molecule has 0 radical (unpaired) electrons. The molecular weight excluding hydrogens is 218 g/mol. The number of methoxy groups -OCH3 is 1. The van der Waals surface area contributed by atoms with Gasteiger partial charge in [0.15, 0.2) is 5.69 Å². The van der Waals surface area contributed by atoms with Crippen molar-refractivity contribution in [2.24, 2.45) is 5.92 Å². The molecule has 0 fully saturated rings. The molecule has 0 spiro atoms. The first kappa shape index (κ1) is 13.7. The maximum absolute atomic E-state index is 11.5. The SMILES string of the molecule is CCc1c(C(=O)OC)nnn1CCCC(C)C. The van der Waals surface area contributed by atoms with E-state index in [1.807, 2.05) is 11.6 Å². The molecule has 5 heteroatoms. The molecule has 5 nitrogen and oxygen atoms in total. The maximum atomic E-state index is 11.5. The Balaban J connectivity index is 2.73. The summed E-state index contributed by atoms with van der Waals surface area (Å²) in [5.41, 5.74) is 1.21. The average Bonchev–Trinajstić information content (AvgIpc) is 2.70. The van der Waals surface area contributed by atoms with Gasteiger partial charge in [-0.1, -0.05) is 26.0 Å². The van der Waals surface area contributed by atoms with Crippen molar-refractivity contribution in [3.05, 3.63) is 11.4 Å². The molecule has 0 unspecified atom stereocenters. The molecule has 0 N–H and O–H groups in total. The molecule has 0 aliphatic carbocycles. The van der Waals surface area contributed by atoms with E-state index in [1.54, 1.807) is 0 Å². The highest BCUT2D eigenvalue weighted by Crippen LogP contribution is 2.11. The van der Waals surface area contributed by atoms with Crippen molar-refractivity contribution >= 4 is 5.97 Å². The van der Waals surface area contributed by atoms with Crippen LogP contribution in [0.3, 0.4) is 0 Å². The quantitative estimate of drug-likeness (QED) is 0.713. The Morgan fingerprint density at radius 1 is 1.47 bits per heavy atom. The van der Waals surface area contributed by atoms with Crippen LogP contribution in [0.2, 0.25) is 0 Å². The largest absolute Gasteiger partial charge is 0.464 e. The van der Waals surface area contributed by atoms with Gasteiger partial charge in [-0.15, -0.1) is 5.10 Å². The zero-order chi connectivity index (χ0) is 12.8. The van der Waals surface area contributed by atoms with E-state index in [0.717, 1.165) is 31.5 Å². The molecule has 1 aromatic heterocycles. The fourth-order valence-corrected chi connectivity index (χ4v) is 1.77. The monoisotopic (exact) mass is 239 g/mol. The van der Waals surface area contributed by atoms with E-state index in [0.29, 0.717) is 11.6 Å². The maximum Gasteiger partial charge on any atom is 0.360 e. The molecule has 0 atom stereocenters. The van der Waals surface area contributed by atoms with Crippen LogP contribution in [0.1, 0.15) is 49.8 Å². The van der Waals surface area contributed by atoms with Gasteiger partial charge in [0.2, 0.25) is 0 Å². The fourth-order valence-electron chi connectivity index (χ4n) is 1.77. The highest BCUT2D eigenvalue weighted by Gasteiger charge is 2.18. The molecule has 1 heterocycles. The van der Waals surface area contributed by atoms with Gasteiger partial charge in [0.05, 0.1) is 12.8 Å². The molecule has 96 valence electrons. The van der Waals surface area contributed by atoms with Gasteiger partial charge in [0, 0.05) is 6.54 Å². The number of aryl methyl sites for hydroxylation is 1. The first-order valence-corrected chi connectivity index (χ1v) is 6.10. The summed E-state index contributed by atoms with van der Waals surface area (Å²) in [5, 5.41) is 7.91. The third-order valence-electron chi connectivity index (χ3n) is 2.70. The van der Waals surface area contributed by atoms with E-state index in [-0.39, 0.29) is 0 Å². The van der Waals surface area contributed by atoms with Crippen molar-refractivity contribution in [1.29, 1.82) is 0 Å². The first-order valence-electron chi connectivity index (χ1n) is 6.10. The van der Waals surface area contributed by atoms with Crippen molar-refractivity contribution in [1.82, 2.24) is 15.0 Å². The average molecular weight is 239 g/mol. The van der Waals surface area contributed by atoms with Crippen molar-refractivity contribution in [3.8, 4) is 0 Å². The summed E-state index contributed by atoms with van der Waals surface area (Å²) in [6, 6.07) is 0. The van der Waals surface area contributed by atoms with Gasteiger partial charge in [-0.05, 0) is 25.2 Å². The van der Waals surface area contributed by atoms with Crippen LogP contribution < -0.4 is 0 Å². The Labute approximate surface area is 102 Å². The molecular formula is C12H21N3O2. The molecule has 1 rings (SSSR count). The summed E-state index contributed by atoms with van der Waals surface area (Å²) < 4.78 is 6.49. The summed E-state index contributed by atoms with van der Waals surface area (Å²) in [6.45, 7) is 7.19. The molecule has 0 amide bonds. The standard InChI is InChI=1S/C12H21N3O2/c1-5-10-11(12(16)17-4)13-14-15(10)8-6-7-9(2)3/h9H,5-8H2,1-4H3. The molecule has 0 saturated carbocycles. The summed E-state index contributed by atoms with van der Waals surface area (Å²) in [6.07, 6.45) is 2.93. The Bertz CT molecular complexity index is 372. The van der Waals surface area contributed by atoms with Crippen molar-refractivity contribution in [3.63, 3.8) is 0 Å². The minimum absolute atomic E-state index is 0.347. The van der Waals surface area contributed by atoms with E-state index in [1.165, 1.54) is 7.11 Å². The Morgan fingerprint density at radius 2 is 2.18 bits per heavy atom. The van der Waals surface area contributed by atoms with E-state index < -0.39 is 5.97 Å². The summed E-state index contributed by atoms with van der Waals surface area (Å²) >= 11 is 0. The number of esters is 1. The lowest BCUT2D eigenvalue weighted by molar-refractivity contribution is 0.0592.